The van der Waals surface area contributed by atoms with Crippen molar-refractivity contribution in [1.29, 1.82) is 0 Å². The average molecular weight is 469 g/mol. The third-order valence-corrected chi connectivity index (χ3v) is 5.17. The number of rotatable bonds is 7. The van der Waals surface area contributed by atoms with Gasteiger partial charge in [0.25, 0.3) is 5.89 Å². The van der Waals surface area contributed by atoms with Crippen LogP contribution in [0, 0.1) is 5.82 Å². The Labute approximate surface area is 199 Å². The fraction of sp³-hybridized carbons (Fsp3) is 0.0417. The molecule has 0 atom stereocenters. The highest BCUT2D eigenvalue weighted by Crippen LogP contribution is 2.29. The van der Waals surface area contributed by atoms with Crippen molar-refractivity contribution >= 4 is 17.1 Å². The maximum atomic E-state index is 14.5. The Morgan fingerprint density at radius 3 is 2.69 bits per heavy atom. The molecule has 174 valence electrons. The summed E-state index contributed by atoms with van der Waals surface area (Å²) in [5.41, 5.74) is 8.93. The molecular formula is C24H20FN9O. The van der Waals surface area contributed by atoms with Gasteiger partial charge in [-0.2, -0.15) is 10.1 Å². The molecule has 10 nitrogen and oxygen atoms in total. The van der Waals surface area contributed by atoms with Crippen LogP contribution in [-0.4, -0.2) is 29.9 Å². The van der Waals surface area contributed by atoms with E-state index < -0.39 is 5.82 Å². The molecule has 0 saturated heterocycles. The monoisotopic (exact) mass is 469 g/mol. The number of nitrogens with zero attached hydrogens (tertiary/aromatic N) is 7. The van der Waals surface area contributed by atoms with Crippen LogP contribution in [0.3, 0.4) is 0 Å². The lowest BCUT2D eigenvalue weighted by molar-refractivity contribution is 0.408. The number of hydrogen-bond donors (Lipinski definition) is 2. The van der Waals surface area contributed by atoms with Gasteiger partial charge in [-0.3, -0.25) is 9.99 Å². The molecule has 0 aliphatic heterocycles. The van der Waals surface area contributed by atoms with Crippen LogP contribution in [0.1, 0.15) is 17.1 Å². The van der Waals surface area contributed by atoms with Crippen molar-refractivity contribution in [3.8, 4) is 11.4 Å². The number of aromatic nitrogens is 6. The largest absolute Gasteiger partial charge is 0.392 e. The molecule has 0 bridgehead atoms. The molecule has 0 aliphatic rings. The van der Waals surface area contributed by atoms with E-state index in [-0.39, 0.29) is 23.0 Å². The van der Waals surface area contributed by atoms with Gasteiger partial charge in [-0.25, -0.2) is 19.9 Å². The average Bonchev–Trinajstić information content (AvgIpc) is 3.58. The second-order valence-electron chi connectivity index (χ2n) is 7.52. The molecule has 0 aliphatic carbocycles. The van der Waals surface area contributed by atoms with Crippen LogP contribution in [0.2, 0.25) is 0 Å². The van der Waals surface area contributed by atoms with Crippen LogP contribution in [0.25, 0.3) is 22.8 Å². The van der Waals surface area contributed by atoms with Crippen molar-refractivity contribution in [1.82, 2.24) is 29.9 Å². The van der Waals surface area contributed by atoms with E-state index in [2.05, 4.69) is 25.2 Å². The smallest absolute Gasteiger partial charge is 0.276 e. The van der Waals surface area contributed by atoms with Gasteiger partial charge in [0.1, 0.15) is 29.9 Å². The third kappa shape index (κ3) is 4.61. The number of hydrogen-bond acceptors (Lipinski definition) is 9. The van der Waals surface area contributed by atoms with E-state index in [0.717, 1.165) is 16.1 Å². The van der Waals surface area contributed by atoms with Gasteiger partial charge < -0.3 is 10.3 Å². The molecule has 0 saturated carbocycles. The predicted octanol–water partition coefficient (Wildman–Crippen LogP) is 3.08. The van der Waals surface area contributed by atoms with Gasteiger partial charge in [0.2, 0.25) is 5.82 Å². The van der Waals surface area contributed by atoms with Gasteiger partial charge in [0, 0.05) is 11.8 Å². The lowest BCUT2D eigenvalue weighted by Crippen LogP contribution is -2.32. The lowest BCUT2D eigenvalue weighted by Gasteiger charge is -2.23. The minimum absolute atomic E-state index is 0.0223. The molecular weight excluding hydrogens is 449 g/mol. The summed E-state index contributed by atoms with van der Waals surface area (Å²) in [4.78, 5) is 12.7. The molecule has 0 unspecified atom stereocenters. The SMILES string of the molecule is N/C(=C(/c1ccccn1)N(N)c1ccccc1F)c1nc(-c2cccc(Cn3cncn3)c2)no1. The molecule has 0 amide bonds. The van der Waals surface area contributed by atoms with Crippen molar-refractivity contribution < 1.29 is 8.91 Å². The van der Waals surface area contributed by atoms with Crippen LogP contribution >= 0.6 is 0 Å². The first-order valence-electron chi connectivity index (χ1n) is 10.6. The molecule has 11 heteroatoms. The van der Waals surface area contributed by atoms with E-state index in [4.69, 9.17) is 16.1 Å². The Bertz CT molecular complexity index is 1470. The molecule has 5 rings (SSSR count). The minimum Gasteiger partial charge on any atom is -0.392 e. The van der Waals surface area contributed by atoms with E-state index in [1.54, 1.807) is 47.5 Å². The Hall–Kier alpha value is -4.90. The Morgan fingerprint density at radius 2 is 1.91 bits per heavy atom. The molecule has 5 aromatic rings. The van der Waals surface area contributed by atoms with Crippen LogP contribution in [-0.2, 0) is 6.54 Å². The predicted molar refractivity (Wildman–Crippen MR) is 127 cm³/mol. The molecule has 0 fully saturated rings. The van der Waals surface area contributed by atoms with Crippen LogP contribution in [0.15, 0.2) is 90.1 Å². The quantitative estimate of drug-likeness (QED) is 0.272. The summed E-state index contributed by atoms with van der Waals surface area (Å²) in [5.74, 6) is 6.16. The molecule has 0 radical (unpaired) electrons. The summed E-state index contributed by atoms with van der Waals surface area (Å²) < 4.78 is 21.7. The fourth-order valence-electron chi connectivity index (χ4n) is 3.52. The lowest BCUT2D eigenvalue weighted by atomic mass is 10.1. The van der Waals surface area contributed by atoms with Crippen molar-refractivity contribution in [3.05, 3.63) is 109 Å². The fourth-order valence-corrected chi connectivity index (χ4v) is 3.52. The second kappa shape index (κ2) is 9.53. The highest BCUT2D eigenvalue weighted by Gasteiger charge is 2.23. The van der Waals surface area contributed by atoms with Crippen LogP contribution < -0.4 is 16.6 Å². The van der Waals surface area contributed by atoms with Gasteiger partial charge in [-0.05, 0) is 35.9 Å². The molecule has 3 heterocycles. The van der Waals surface area contributed by atoms with Crippen LogP contribution in [0.5, 0.6) is 0 Å². The molecule has 4 N–H and O–H groups in total. The van der Waals surface area contributed by atoms with Crippen LogP contribution in [0.4, 0.5) is 10.1 Å². The molecule has 0 spiro atoms. The highest BCUT2D eigenvalue weighted by atomic mass is 19.1. The van der Waals surface area contributed by atoms with Gasteiger partial charge in [-0.15, -0.1) is 0 Å². The highest BCUT2D eigenvalue weighted by molar-refractivity contribution is 5.92. The number of benzene rings is 2. The van der Waals surface area contributed by atoms with Gasteiger partial charge in [0.05, 0.1) is 17.9 Å². The maximum Gasteiger partial charge on any atom is 0.276 e. The van der Waals surface area contributed by atoms with E-state index >= 15 is 0 Å². The first-order chi connectivity index (χ1) is 17.1. The van der Waals surface area contributed by atoms with Gasteiger partial charge in [-0.1, -0.05) is 41.6 Å². The van der Waals surface area contributed by atoms with Crippen molar-refractivity contribution in [2.45, 2.75) is 6.54 Å². The second-order valence-corrected chi connectivity index (χ2v) is 7.52. The first-order valence-corrected chi connectivity index (χ1v) is 10.6. The topological polar surface area (TPSA) is 138 Å². The Balaban J connectivity index is 1.53. The van der Waals surface area contributed by atoms with Gasteiger partial charge >= 0.3 is 0 Å². The number of pyridine rings is 1. The molecule has 35 heavy (non-hydrogen) atoms. The first kappa shape index (κ1) is 21.9. The van der Waals surface area contributed by atoms with E-state index in [9.17, 15) is 4.39 Å². The number of para-hydroxylation sites is 1. The Morgan fingerprint density at radius 1 is 1.06 bits per heavy atom. The third-order valence-electron chi connectivity index (χ3n) is 5.17. The molecule has 3 aromatic heterocycles. The summed E-state index contributed by atoms with van der Waals surface area (Å²) in [6.07, 6.45) is 4.70. The van der Waals surface area contributed by atoms with Crippen molar-refractivity contribution in [2.24, 2.45) is 11.6 Å². The summed E-state index contributed by atoms with van der Waals surface area (Å²) in [6.45, 7) is 0.537. The van der Waals surface area contributed by atoms with Crippen molar-refractivity contribution in [3.63, 3.8) is 0 Å². The van der Waals surface area contributed by atoms with E-state index in [1.807, 2.05) is 24.3 Å². The number of anilines is 1. The minimum atomic E-state index is -0.522. The number of nitrogens with two attached hydrogens (primary N) is 2. The number of hydrazine groups is 1. The zero-order valence-corrected chi connectivity index (χ0v) is 18.4. The summed E-state index contributed by atoms with van der Waals surface area (Å²) in [6, 6.07) is 18.9. The zero-order chi connectivity index (χ0) is 24.2. The molecule has 2 aromatic carbocycles. The Kier molecular flexibility index (Phi) is 5.97. The number of halogens is 1. The summed E-state index contributed by atoms with van der Waals surface area (Å²) >= 11 is 0. The van der Waals surface area contributed by atoms with Gasteiger partial charge in [0.15, 0.2) is 0 Å². The normalized spacial score (nSPS) is 11.8. The van der Waals surface area contributed by atoms with E-state index in [0.29, 0.717) is 18.1 Å². The van der Waals surface area contributed by atoms with E-state index in [1.165, 1.54) is 18.5 Å². The standard InChI is InChI=1S/C24H20FN9O/c25-18-8-1-2-10-20(18)34(27)22(19-9-3-4-11-29-19)21(26)24-31-23(32-35-24)17-7-5-6-16(12-17)13-33-15-28-14-30-33/h1-12,14-15H,13,26-27H2/b22-21-. The summed E-state index contributed by atoms with van der Waals surface area (Å²) in [5, 5.41) is 9.32. The zero-order valence-electron chi connectivity index (χ0n) is 18.4. The van der Waals surface area contributed by atoms with Crippen molar-refractivity contribution in [2.75, 3.05) is 5.01 Å². The maximum absolute atomic E-state index is 14.5. The summed E-state index contributed by atoms with van der Waals surface area (Å²) in [7, 11) is 0.